The van der Waals surface area contributed by atoms with E-state index in [4.69, 9.17) is 10.5 Å². The number of ether oxygens (including phenoxy) is 1. The number of halogens is 1. The van der Waals surface area contributed by atoms with E-state index in [9.17, 15) is 9.18 Å². The first-order valence-corrected chi connectivity index (χ1v) is 9.86. The van der Waals surface area contributed by atoms with E-state index in [0.29, 0.717) is 33.8 Å². The van der Waals surface area contributed by atoms with Gasteiger partial charge in [0.25, 0.3) is 0 Å². The first kappa shape index (κ1) is 21.6. The minimum absolute atomic E-state index is 0.0244. The minimum atomic E-state index is -0.616. The first-order valence-electron chi connectivity index (χ1n) is 9.86. The van der Waals surface area contributed by atoms with Crippen LogP contribution in [0.15, 0.2) is 73.7 Å². The lowest BCUT2D eigenvalue weighted by atomic mass is 9.99. The third-order valence-corrected chi connectivity index (χ3v) is 4.68. The number of hydrogen-bond donors (Lipinski definition) is 2. The fraction of sp³-hybridized carbons (Fsp3) is 0.0417. The summed E-state index contributed by atoms with van der Waals surface area (Å²) in [6, 6.07) is 13.2. The standard InChI is InChI=1S/C24H19FN6O2/c1-3-20(32)31-17-7-4-15(5-8-17)22-21(23(26)29-13-28-22)16-6-9-19(18(25)12-16)33-24-27-11-10-14(2)30-24/h3-13H,1H2,2H3,(H,31,32)(H2,26,28,29). The summed E-state index contributed by atoms with van der Waals surface area (Å²) in [6.45, 7) is 5.21. The number of carbonyl (C=O) groups excluding carboxylic acids is 1. The third kappa shape index (κ3) is 4.82. The summed E-state index contributed by atoms with van der Waals surface area (Å²) in [5.74, 6) is -0.763. The number of aryl methyl sites for hydroxylation is 1. The number of nitrogens with zero attached hydrogens (tertiary/aromatic N) is 4. The average Bonchev–Trinajstić information content (AvgIpc) is 2.81. The largest absolute Gasteiger partial charge is 0.421 e. The molecule has 0 aliphatic heterocycles. The molecule has 0 radical (unpaired) electrons. The molecule has 2 heterocycles. The molecule has 0 bridgehead atoms. The van der Waals surface area contributed by atoms with Crippen molar-refractivity contribution in [3.8, 4) is 34.1 Å². The number of nitrogen functional groups attached to an aromatic ring is 1. The molecule has 8 nitrogen and oxygen atoms in total. The molecule has 0 atom stereocenters. The van der Waals surface area contributed by atoms with E-state index in [-0.39, 0.29) is 23.5 Å². The molecule has 0 spiro atoms. The lowest BCUT2D eigenvalue weighted by Crippen LogP contribution is -2.07. The SMILES string of the molecule is C=CC(=O)Nc1ccc(-c2ncnc(N)c2-c2ccc(Oc3nccc(C)n3)c(F)c2)cc1. The number of carbonyl (C=O) groups is 1. The van der Waals surface area contributed by atoms with Crippen molar-refractivity contribution in [1.29, 1.82) is 0 Å². The van der Waals surface area contributed by atoms with Gasteiger partial charge in [-0.15, -0.1) is 0 Å². The van der Waals surface area contributed by atoms with Crippen LogP contribution < -0.4 is 15.8 Å². The van der Waals surface area contributed by atoms with Gasteiger partial charge in [-0.2, -0.15) is 0 Å². The van der Waals surface area contributed by atoms with E-state index in [1.54, 1.807) is 43.3 Å². The minimum Gasteiger partial charge on any atom is -0.421 e. The van der Waals surface area contributed by atoms with Crippen molar-refractivity contribution in [3.63, 3.8) is 0 Å². The first-order chi connectivity index (χ1) is 15.9. The topological polar surface area (TPSA) is 116 Å². The molecule has 0 fully saturated rings. The average molecular weight is 442 g/mol. The van der Waals surface area contributed by atoms with Crippen molar-refractivity contribution in [2.45, 2.75) is 6.92 Å². The molecular weight excluding hydrogens is 423 g/mol. The van der Waals surface area contributed by atoms with Gasteiger partial charge >= 0.3 is 6.01 Å². The molecule has 2 aromatic heterocycles. The zero-order chi connectivity index (χ0) is 23.4. The van der Waals surface area contributed by atoms with Crippen LogP contribution in [-0.4, -0.2) is 25.8 Å². The summed E-state index contributed by atoms with van der Waals surface area (Å²) in [6.07, 6.45) is 4.06. The van der Waals surface area contributed by atoms with Crippen molar-refractivity contribution in [1.82, 2.24) is 19.9 Å². The maximum atomic E-state index is 14.9. The quantitative estimate of drug-likeness (QED) is 0.421. The van der Waals surface area contributed by atoms with Gasteiger partial charge in [0.1, 0.15) is 12.1 Å². The van der Waals surface area contributed by atoms with E-state index < -0.39 is 5.82 Å². The smallest absolute Gasteiger partial charge is 0.322 e. The Morgan fingerprint density at radius 3 is 2.55 bits per heavy atom. The number of amides is 1. The zero-order valence-corrected chi connectivity index (χ0v) is 17.6. The van der Waals surface area contributed by atoms with Gasteiger partial charge in [0.2, 0.25) is 5.91 Å². The Balaban J connectivity index is 1.68. The molecule has 33 heavy (non-hydrogen) atoms. The summed E-state index contributed by atoms with van der Waals surface area (Å²) in [5.41, 5.74) is 9.61. The molecule has 0 unspecified atom stereocenters. The van der Waals surface area contributed by atoms with Crippen molar-refractivity contribution < 1.29 is 13.9 Å². The van der Waals surface area contributed by atoms with Gasteiger partial charge in [0, 0.05) is 23.1 Å². The van der Waals surface area contributed by atoms with Crippen LogP contribution in [0.25, 0.3) is 22.4 Å². The molecule has 9 heteroatoms. The number of rotatable bonds is 6. The number of nitrogens with two attached hydrogens (primary N) is 1. The van der Waals surface area contributed by atoms with Crippen LogP contribution in [-0.2, 0) is 4.79 Å². The van der Waals surface area contributed by atoms with Crippen LogP contribution in [0.2, 0.25) is 0 Å². The van der Waals surface area contributed by atoms with E-state index in [1.165, 1.54) is 30.7 Å². The fourth-order valence-electron chi connectivity index (χ4n) is 3.12. The van der Waals surface area contributed by atoms with Gasteiger partial charge in [-0.05, 0) is 48.9 Å². The van der Waals surface area contributed by atoms with Crippen LogP contribution in [0.5, 0.6) is 11.8 Å². The third-order valence-electron chi connectivity index (χ3n) is 4.68. The monoisotopic (exact) mass is 442 g/mol. The van der Waals surface area contributed by atoms with Crippen LogP contribution >= 0.6 is 0 Å². The molecule has 0 saturated heterocycles. The molecule has 4 rings (SSSR count). The molecule has 4 aromatic rings. The highest BCUT2D eigenvalue weighted by molar-refractivity contribution is 5.99. The van der Waals surface area contributed by atoms with Gasteiger partial charge < -0.3 is 15.8 Å². The van der Waals surface area contributed by atoms with E-state index in [0.717, 1.165) is 0 Å². The Hall–Kier alpha value is -4.66. The summed E-state index contributed by atoms with van der Waals surface area (Å²) in [7, 11) is 0. The molecule has 0 aliphatic rings. The molecule has 1 amide bonds. The van der Waals surface area contributed by atoms with E-state index in [1.807, 2.05) is 0 Å². The van der Waals surface area contributed by atoms with Crippen LogP contribution in [0.1, 0.15) is 5.69 Å². The highest BCUT2D eigenvalue weighted by Gasteiger charge is 2.17. The second-order valence-electron chi connectivity index (χ2n) is 6.98. The second kappa shape index (κ2) is 9.23. The van der Waals surface area contributed by atoms with Crippen LogP contribution in [0.3, 0.4) is 0 Å². The number of aromatic nitrogens is 4. The van der Waals surface area contributed by atoms with Crippen molar-refractivity contribution in [2.75, 3.05) is 11.1 Å². The Labute approximate surface area is 189 Å². The summed E-state index contributed by atoms with van der Waals surface area (Å²) in [4.78, 5) is 28.0. The maximum Gasteiger partial charge on any atom is 0.322 e. The van der Waals surface area contributed by atoms with E-state index in [2.05, 4.69) is 31.8 Å². The second-order valence-corrected chi connectivity index (χ2v) is 6.98. The Bertz CT molecular complexity index is 1340. The van der Waals surface area contributed by atoms with Gasteiger partial charge in [0.05, 0.1) is 11.3 Å². The number of anilines is 2. The number of benzene rings is 2. The fourth-order valence-corrected chi connectivity index (χ4v) is 3.12. The van der Waals surface area contributed by atoms with E-state index >= 15 is 0 Å². The normalized spacial score (nSPS) is 10.5. The Morgan fingerprint density at radius 1 is 1.09 bits per heavy atom. The highest BCUT2D eigenvalue weighted by atomic mass is 19.1. The van der Waals surface area contributed by atoms with Crippen LogP contribution in [0.4, 0.5) is 15.9 Å². The van der Waals surface area contributed by atoms with Crippen molar-refractivity contribution in [3.05, 3.63) is 85.2 Å². The number of hydrogen-bond acceptors (Lipinski definition) is 7. The predicted octanol–water partition coefficient (Wildman–Crippen LogP) is 4.55. The lowest BCUT2D eigenvalue weighted by Gasteiger charge is -2.13. The van der Waals surface area contributed by atoms with Gasteiger partial charge in [-0.3, -0.25) is 4.79 Å². The predicted molar refractivity (Wildman–Crippen MR) is 123 cm³/mol. The molecule has 2 aromatic carbocycles. The molecule has 164 valence electrons. The van der Waals surface area contributed by atoms with Gasteiger partial charge in [-0.25, -0.2) is 24.3 Å². The van der Waals surface area contributed by atoms with Crippen molar-refractivity contribution in [2.24, 2.45) is 0 Å². The Kier molecular flexibility index (Phi) is 6.03. The van der Waals surface area contributed by atoms with Crippen LogP contribution in [0, 0.1) is 12.7 Å². The zero-order valence-electron chi connectivity index (χ0n) is 17.6. The lowest BCUT2D eigenvalue weighted by molar-refractivity contribution is -0.111. The maximum absolute atomic E-state index is 14.9. The highest BCUT2D eigenvalue weighted by Crippen LogP contribution is 2.36. The summed E-state index contributed by atoms with van der Waals surface area (Å²) >= 11 is 0. The number of nitrogens with one attached hydrogen (secondary N) is 1. The molecule has 0 saturated carbocycles. The van der Waals surface area contributed by atoms with Gasteiger partial charge in [-0.1, -0.05) is 24.8 Å². The Morgan fingerprint density at radius 2 is 1.85 bits per heavy atom. The van der Waals surface area contributed by atoms with Gasteiger partial charge in [0.15, 0.2) is 11.6 Å². The van der Waals surface area contributed by atoms with Crippen molar-refractivity contribution >= 4 is 17.4 Å². The molecular formula is C24H19FN6O2. The summed E-state index contributed by atoms with van der Waals surface area (Å²) in [5, 5.41) is 2.68. The molecule has 0 aliphatic carbocycles. The summed E-state index contributed by atoms with van der Waals surface area (Å²) < 4.78 is 20.4. The molecule has 3 N–H and O–H groups in total.